The fourth-order valence-electron chi connectivity index (χ4n) is 0.604. The minimum atomic E-state index is 1.14. The molecule has 3 heteroatoms. The van der Waals surface area contributed by atoms with Crippen molar-refractivity contribution in [1.29, 1.82) is 5.26 Å². The molecule has 1 saturated heterocycles. The summed E-state index contributed by atoms with van der Waals surface area (Å²) in [6, 6.07) is 1.75. The highest BCUT2D eigenvalue weighted by atomic mass is 15.0. The Hall–Kier alpha value is -0.590. The maximum absolute atomic E-state index is 7.32. The van der Waals surface area contributed by atoms with Crippen LogP contribution in [0.3, 0.4) is 0 Å². The second-order valence-electron chi connectivity index (χ2n) is 1.72. The minimum Gasteiger partial charge on any atom is -0.314 e. The molecule has 0 aromatic carbocycles. The lowest BCUT2D eigenvalue weighted by Crippen LogP contribution is -2.39. The van der Waals surface area contributed by atoms with Crippen LogP contribution in [0, 0.1) is 11.3 Å². The molecule has 0 aromatic rings. The van der Waals surface area contributed by atoms with Gasteiger partial charge in [0.05, 0.1) is 6.07 Å². The van der Waals surface area contributed by atoms with Crippen molar-refractivity contribution in [2.75, 3.05) is 26.2 Å². The van der Waals surface area contributed by atoms with E-state index in [1.807, 2.05) is 0 Å². The highest BCUT2D eigenvalue weighted by Crippen LogP contribution is 1.65. The zero-order valence-electron chi connectivity index (χ0n) is 5.78. The minimum absolute atomic E-state index is 1.14. The van der Waals surface area contributed by atoms with E-state index in [4.69, 9.17) is 5.26 Å². The molecule has 1 rings (SSSR count). The monoisotopic (exact) mass is 127 g/mol. The van der Waals surface area contributed by atoms with Gasteiger partial charge in [-0.2, -0.15) is 5.26 Å². The second-order valence-corrected chi connectivity index (χ2v) is 1.72. The molecule has 9 heavy (non-hydrogen) atoms. The summed E-state index contributed by atoms with van der Waals surface area (Å²) in [6.45, 7) is 5.99. The summed E-state index contributed by atoms with van der Waals surface area (Å²) in [5.74, 6) is 0. The van der Waals surface area contributed by atoms with Gasteiger partial charge in [0.15, 0.2) is 0 Å². The third-order valence-electron chi connectivity index (χ3n) is 0.957. The molecule has 52 valence electrons. The van der Waals surface area contributed by atoms with Crippen molar-refractivity contribution in [1.82, 2.24) is 10.6 Å². The summed E-state index contributed by atoms with van der Waals surface area (Å²) in [5, 5.41) is 13.8. The van der Waals surface area contributed by atoms with E-state index in [1.165, 1.54) is 6.92 Å². The Morgan fingerprint density at radius 2 is 1.33 bits per heavy atom. The van der Waals surface area contributed by atoms with E-state index in [2.05, 4.69) is 10.6 Å². The molecule has 2 N–H and O–H groups in total. The van der Waals surface area contributed by atoms with Crippen LogP contribution < -0.4 is 10.6 Å². The van der Waals surface area contributed by atoms with Gasteiger partial charge in [0, 0.05) is 33.1 Å². The van der Waals surface area contributed by atoms with Crippen LogP contribution in [0.25, 0.3) is 0 Å². The molecule has 1 heterocycles. The van der Waals surface area contributed by atoms with Crippen molar-refractivity contribution in [3.8, 4) is 6.07 Å². The van der Waals surface area contributed by atoms with E-state index in [0.717, 1.165) is 26.2 Å². The van der Waals surface area contributed by atoms with Gasteiger partial charge in [0.1, 0.15) is 0 Å². The summed E-state index contributed by atoms with van der Waals surface area (Å²) in [6.07, 6.45) is 0. The van der Waals surface area contributed by atoms with Crippen LogP contribution in [0.5, 0.6) is 0 Å². The van der Waals surface area contributed by atoms with Crippen molar-refractivity contribution in [3.05, 3.63) is 0 Å². The number of nitriles is 1. The van der Waals surface area contributed by atoms with Gasteiger partial charge in [-0.3, -0.25) is 0 Å². The van der Waals surface area contributed by atoms with Crippen LogP contribution in [0.1, 0.15) is 6.92 Å². The molecule has 0 amide bonds. The Kier molecular flexibility index (Phi) is 6.92. The topological polar surface area (TPSA) is 47.8 Å². The average Bonchev–Trinajstić information content (AvgIpc) is 1.93. The number of hydrogen-bond acceptors (Lipinski definition) is 3. The zero-order valence-corrected chi connectivity index (χ0v) is 5.78. The molecule has 3 nitrogen and oxygen atoms in total. The zero-order chi connectivity index (χ0) is 6.95. The van der Waals surface area contributed by atoms with Crippen molar-refractivity contribution in [3.63, 3.8) is 0 Å². The van der Waals surface area contributed by atoms with Gasteiger partial charge < -0.3 is 10.6 Å². The van der Waals surface area contributed by atoms with Crippen molar-refractivity contribution < 1.29 is 0 Å². The van der Waals surface area contributed by atoms with Gasteiger partial charge in [-0.1, -0.05) is 0 Å². The number of piperazine rings is 1. The van der Waals surface area contributed by atoms with Gasteiger partial charge in [0.25, 0.3) is 0 Å². The Labute approximate surface area is 56.1 Å². The summed E-state index contributed by atoms with van der Waals surface area (Å²) in [5.41, 5.74) is 0. The maximum atomic E-state index is 7.32. The molecule has 0 bridgehead atoms. The molecule has 0 radical (unpaired) electrons. The molecule has 0 unspecified atom stereocenters. The fraction of sp³-hybridized carbons (Fsp3) is 0.833. The number of hydrogen-bond donors (Lipinski definition) is 2. The number of nitrogens with zero attached hydrogens (tertiary/aromatic N) is 1. The molecule has 0 atom stereocenters. The van der Waals surface area contributed by atoms with E-state index in [0.29, 0.717) is 0 Å². The first-order valence-corrected chi connectivity index (χ1v) is 3.14. The first kappa shape index (κ1) is 8.41. The molecule has 0 aromatic heterocycles. The quantitative estimate of drug-likeness (QED) is 0.470. The van der Waals surface area contributed by atoms with E-state index >= 15 is 0 Å². The molecule has 0 spiro atoms. The van der Waals surface area contributed by atoms with Gasteiger partial charge in [0.2, 0.25) is 0 Å². The van der Waals surface area contributed by atoms with E-state index in [1.54, 1.807) is 6.07 Å². The van der Waals surface area contributed by atoms with Gasteiger partial charge in [-0.15, -0.1) is 0 Å². The summed E-state index contributed by atoms with van der Waals surface area (Å²) < 4.78 is 0. The lowest BCUT2D eigenvalue weighted by Gasteiger charge is -2.11. The third-order valence-corrected chi connectivity index (χ3v) is 0.957. The molecule has 0 aliphatic carbocycles. The Balaban J connectivity index is 0.000000187. The van der Waals surface area contributed by atoms with Crippen LogP contribution >= 0.6 is 0 Å². The van der Waals surface area contributed by atoms with Crippen LogP contribution in [0.2, 0.25) is 0 Å². The second kappa shape index (κ2) is 7.41. The highest BCUT2D eigenvalue weighted by Gasteiger charge is 1.91. The SMILES string of the molecule is C1CNCCN1.CC#N. The predicted molar refractivity (Wildman–Crippen MR) is 37.0 cm³/mol. The Morgan fingerprint density at radius 3 is 1.44 bits per heavy atom. The molecular formula is C6H13N3. The third kappa shape index (κ3) is 7.41. The molecule has 1 fully saturated rings. The largest absolute Gasteiger partial charge is 0.314 e. The van der Waals surface area contributed by atoms with Gasteiger partial charge in [-0.05, 0) is 0 Å². The summed E-state index contributed by atoms with van der Waals surface area (Å²) >= 11 is 0. The lowest BCUT2D eigenvalue weighted by molar-refractivity contribution is 0.534. The Bertz CT molecular complexity index is 69.3. The fourth-order valence-corrected chi connectivity index (χ4v) is 0.604. The van der Waals surface area contributed by atoms with Crippen LogP contribution in [0.4, 0.5) is 0 Å². The Morgan fingerprint density at radius 1 is 1.11 bits per heavy atom. The lowest BCUT2D eigenvalue weighted by atomic mass is 10.4. The molecule has 1 aliphatic heterocycles. The van der Waals surface area contributed by atoms with Crippen molar-refractivity contribution in [2.45, 2.75) is 6.92 Å². The first-order chi connectivity index (χ1) is 4.41. The summed E-state index contributed by atoms with van der Waals surface area (Å²) in [4.78, 5) is 0. The highest BCUT2D eigenvalue weighted by molar-refractivity contribution is 4.59. The van der Waals surface area contributed by atoms with E-state index in [9.17, 15) is 0 Å². The van der Waals surface area contributed by atoms with E-state index in [-0.39, 0.29) is 0 Å². The van der Waals surface area contributed by atoms with Crippen molar-refractivity contribution >= 4 is 0 Å². The average molecular weight is 127 g/mol. The molecular weight excluding hydrogens is 114 g/mol. The predicted octanol–water partition coefficient (Wildman–Crippen LogP) is -0.291. The van der Waals surface area contributed by atoms with Crippen LogP contribution in [-0.4, -0.2) is 26.2 Å². The normalized spacial score (nSPS) is 16.9. The maximum Gasteiger partial charge on any atom is 0.0587 e. The van der Waals surface area contributed by atoms with Crippen LogP contribution in [-0.2, 0) is 0 Å². The van der Waals surface area contributed by atoms with Crippen molar-refractivity contribution in [2.24, 2.45) is 0 Å². The first-order valence-electron chi connectivity index (χ1n) is 3.14. The van der Waals surface area contributed by atoms with E-state index < -0.39 is 0 Å². The molecule has 0 saturated carbocycles. The smallest absolute Gasteiger partial charge is 0.0587 e. The molecule has 1 aliphatic rings. The number of rotatable bonds is 0. The van der Waals surface area contributed by atoms with Gasteiger partial charge in [-0.25, -0.2) is 0 Å². The summed E-state index contributed by atoms with van der Waals surface area (Å²) in [7, 11) is 0. The number of nitrogens with one attached hydrogen (secondary N) is 2. The standard InChI is InChI=1S/C4H10N2.C2H3N/c1-2-6-4-3-5-1;1-2-3/h5-6H,1-4H2;1H3. The van der Waals surface area contributed by atoms with Gasteiger partial charge >= 0.3 is 0 Å². The van der Waals surface area contributed by atoms with Crippen LogP contribution in [0.15, 0.2) is 0 Å².